The van der Waals surface area contributed by atoms with Crippen LogP contribution >= 0.6 is 0 Å². The molecule has 2 N–H and O–H groups in total. The largest absolute Gasteiger partial charge is 0.480 e. The number of benzene rings is 2. The lowest BCUT2D eigenvalue weighted by molar-refractivity contribution is -0.144. The molecule has 0 bridgehead atoms. The monoisotopic (exact) mass is 462 g/mol. The summed E-state index contributed by atoms with van der Waals surface area (Å²) in [5.41, 5.74) is 3.76. The van der Waals surface area contributed by atoms with Crippen molar-refractivity contribution in [3.8, 4) is 11.1 Å². The van der Waals surface area contributed by atoms with Crippen LogP contribution in [0.5, 0.6) is 0 Å². The van der Waals surface area contributed by atoms with Crippen LogP contribution in [0.25, 0.3) is 11.1 Å². The van der Waals surface area contributed by atoms with Gasteiger partial charge in [0.15, 0.2) is 0 Å². The van der Waals surface area contributed by atoms with Gasteiger partial charge >= 0.3 is 12.1 Å². The van der Waals surface area contributed by atoms with Gasteiger partial charge in [-0.1, -0.05) is 54.6 Å². The molecule has 0 heterocycles. The Hall–Kier alpha value is -3.61. The number of carboxylic acid groups (broad SMARTS) is 1. The average molecular weight is 463 g/mol. The summed E-state index contributed by atoms with van der Waals surface area (Å²) < 4.78 is 5.68. The van der Waals surface area contributed by atoms with Crippen molar-refractivity contribution in [2.75, 3.05) is 19.7 Å². The van der Waals surface area contributed by atoms with Crippen LogP contribution < -0.4 is 5.32 Å². The number of nitrogens with one attached hydrogen (secondary N) is 1. The van der Waals surface area contributed by atoms with E-state index in [9.17, 15) is 14.4 Å². The Morgan fingerprint density at radius 1 is 1.12 bits per heavy atom. The molecular weight excluding hydrogens is 432 g/mol. The van der Waals surface area contributed by atoms with Crippen LogP contribution in [-0.4, -0.2) is 53.2 Å². The average Bonchev–Trinajstić information content (AvgIpc) is 3.61. The fraction of sp³-hybridized carbons (Fsp3) is 0.370. The Kier molecular flexibility index (Phi) is 6.72. The van der Waals surface area contributed by atoms with Crippen molar-refractivity contribution in [3.63, 3.8) is 0 Å². The Morgan fingerprint density at radius 2 is 1.71 bits per heavy atom. The second-order valence-electron chi connectivity index (χ2n) is 9.28. The van der Waals surface area contributed by atoms with Crippen LogP contribution in [-0.2, 0) is 14.3 Å². The van der Waals surface area contributed by atoms with Crippen molar-refractivity contribution in [3.05, 3.63) is 72.3 Å². The van der Waals surface area contributed by atoms with E-state index in [4.69, 9.17) is 9.84 Å². The summed E-state index contributed by atoms with van der Waals surface area (Å²) >= 11 is 0. The SMILES string of the molecule is C=CCN(CC(=O)O)C(=O)CC(C)(NC(=O)OCC1c2ccccc2-c2ccccc21)C1CC1. The summed E-state index contributed by atoms with van der Waals surface area (Å²) in [5.74, 6) is -1.33. The molecule has 0 saturated heterocycles. The molecule has 1 unspecified atom stereocenters. The molecule has 0 spiro atoms. The number of aliphatic carboxylic acids is 1. The number of amides is 2. The number of carbonyl (C=O) groups excluding carboxylic acids is 2. The third-order valence-electron chi connectivity index (χ3n) is 6.76. The quantitative estimate of drug-likeness (QED) is 0.517. The molecule has 0 aromatic heterocycles. The third kappa shape index (κ3) is 4.98. The van der Waals surface area contributed by atoms with Crippen molar-refractivity contribution in [2.24, 2.45) is 5.92 Å². The smallest absolute Gasteiger partial charge is 0.407 e. The maximum absolute atomic E-state index is 12.9. The first-order chi connectivity index (χ1) is 16.3. The molecule has 34 heavy (non-hydrogen) atoms. The highest BCUT2D eigenvalue weighted by Gasteiger charge is 2.45. The van der Waals surface area contributed by atoms with E-state index in [1.54, 1.807) is 0 Å². The molecule has 2 amide bonds. The number of carbonyl (C=O) groups is 3. The molecule has 4 rings (SSSR count). The van der Waals surface area contributed by atoms with E-state index in [-0.39, 0.29) is 37.3 Å². The predicted octanol–water partition coefficient (Wildman–Crippen LogP) is 4.18. The highest BCUT2D eigenvalue weighted by molar-refractivity contribution is 5.83. The fourth-order valence-corrected chi connectivity index (χ4v) is 4.88. The van der Waals surface area contributed by atoms with Gasteiger partial charge in [-0.05, 0) is 47.9 Å². The van der Waals surface area contributed by atoms with Gasteiger partial charge in [0.1, 0.15) is 13.2 Å². The molecular formula is C27H30N2O5. The highest BCUT2D eigenvalue weighted by atomic mass is 16.5. The summed E-state index contributed by atoms with van der Waals surface area (Å²) in [5, 5.41) is 12.0. The second kappa shape index (κ2) is 9.71. The lowest BCUT2D eigenvalue weighted by Gasteiger charge is -2.32. The zero-order valence-corrected chi connectivity index (χ0v) is 19.3. The zero-order valence-electron chi connectivity index (χ0n) is 19.3. The summed E-state index contributed by atoms with van der Waals surface area (Å²) in [6.07, 6.45) is 2.72. The molecule has 1 saturated carbocycles. The molecule has 7 nitrogen and oxygen atoms in total. The molecule has 1 atom stereocenters. The lowest BCUT2D eigenvalue weighted by atomic mass is 9.91. The van der Waals surface area contributed by atoms with Crippen molar-refractivity contribution in [1.82, 2.24) is 10.2 Å². The van der Waals surface area contributed by atoms with Gasteiger partial charge in [0.05, 0.1) is 12.0 Å². The van der Waals surface area contributed by atoms with Crippen LogP contribution in [0.4, 0.5) is 4.79 Å². The highest BCUT2D eigenvalue weighted by Crippen LogP contribution is 2.45. The van der Waals surface area contributed by atoms with E-state index in [1.807, 2.05) is 31.2 Å². The van der Waals surface area contributed by atoms with Gasteiger partial charge in [-0.3, -0.25) is 9.59 Å². The number of hydrogen-bond acceptors (Lipinski definition) is 4. The maximum atomic E-state index is 12.9. The van der Waals surface area contributed by atoms with Crippen LogP contribution in [0, 0.1) is 5.92 Å². The van der Waals surface area contributed by atoms with Crippen LogP contribution in [0.2, 0.25) is 0 Å². The van der Waals surface area contributed by atoms with Gasteiger partial charge in [0, 0.05) is 12.5 Å². The predicted molar refractivity (Wildman–Crippen MR) is 128 cm³/mol. The lowest BCUT2D eigenvalue weighted by Crippen LogP contribution is -2.52. The van der Waals surface area contributed by atoms with Gasteiger partial charge in [-0.15, -0.1) is 6.58 Å². The van der Waals surface area contributed by atoms with Gasteiger partial charge in [0.25, 0.3) is 0 Å². The molecule has 2 aliphatic rings. The Bertz CT molecular complexity index is 1060. The Balaban J connectivity index is 1.42. The van der Waals surface area contributed by atoms with Crippen LogP contribution in [0.3, 0.4) is 0 Å². The van der Waals surface area contributed by atoms with Crippen LogP contribution in [0.15, 0.2) is 61.2 Å². The summed E-state index contributed by atoms with van der Waals surface area (Å²) in [7, 11) is 0. The van der Waals surface area contributed by atoms with Gasteiger partial charge in [0.2, 0.25) is 5.91 Å². The summed E-state index contributed by atoms with van der Waals surface area (Å²) in [6, 6.07) is 16.3. The van der Waals surface area contributed by atoms with Crippen molar-refractivity contribution < 1.29 is 24.2 Å². The first kappa shape index (κ1) is 23.5. The topological polar surface area (TPSA) is 95.9 Å². The first-order valence-electron chi connectivity index (χ1n) is 11.6. The molecule has 2 aromatic carbocycles. The first-order valence-corrected chi connectivity index (χ1v) is 11.6. The minimum Gasteiger partial charge on any atom is -0.480 e. The number of rotatable bonds is 10. The molecule has 0 aliphatic heterocycles. The number of nitrogens with zero attached hydrogens (tertiary/aromatic N) is 1. The maximum Gasteiger partial charge on any atom is 0.407 e. The summed E-state index contributed by atoms with van der Waals surface area (Å²) in [4.78, 5) is 38.1. The van der Waals surface area contributed by atoms with Gasteiger partial charge in [-0.25, -0.2) is 4.79 Å². The second-order valence-corrected chi connectivity index (χ2v) is 9.28. The van der Waals surface area contributed by atoms with Crippen LogP contribution in [0.1, 0.15) is 43.2 Å². The van der Waals surface area contributed by atoms with Gasteiger partial charge < -0.3 is 20.1 Å². The molecule has 1 fully saturated rings. The number of hydrogen-bond donors (Lipinski definition) is 2. The van der Waals surface area contributed by atoms with Crippen molar-refractivity contribution >= 4 is 18.0 Å². The molecule has 2 aromatic rings. The van der Waals surface area contributed by atoms with Gasteiger partial charge in [-0.2, -0.15) is 0 Å². The van der Waals surface area contributed by atoms with E-state index in [1.165, 1.54) is 11.0 Å². The van der Waals surface area contributed by atoms with Crippen molar-refractivity contribution in [1.29, 1.82) is 0 Å². The fourth-order valence-electron chi connectivity index (χ4n) is 4.88. The van der Waals surface area contributed by atoms with E-state index in [0.29, 0.717) is 0 Å². The number of carboxylic acids is 1. The molecule has 2 aliphatic carbocycles. The van der Waals surface area contributed by atoms with E-state index >= 15 is 0 Å². The molecule has 7 heteroatoms. The van der Waals surface area contributed by atoms with E-state index < -0.39 is 24.1 Å². The van der Waals surface area contributed by atoms with E-state index in [0.717, 1.165) is 35.1 Å². The molecule has 178 valence electrons. The number of fused-ring (bicyclic) bond motifs is 3. The third-order valence-corrected chi connectivity index (χ3v) is 6.76. The summed E-state index contributed by atoms with van der Waals surface area (Å²) in [6.45, 7) is 5.35. The van der Waals surface area contributed by atoms with E-state index in [2.05, 4.69) is 36.2 Å². The number of alkyl carbamates (subject to hydrolysis) is 1. The Labute approximate surface area is 199 Å². The normalized spacial score (nSPS) is 16.0. The molecule has 0 radical (unpaired) electrons. The minimum atomic E-state index is -1.09. The van der Waals surface area contributed by atoms with Crippen molar-refractivity contribution in [2.45, 2.75) is 37.6 Å². The zero-order chi connectivity index (χ0) is 24.3. The minimum absolute atomic E-state index is 0.00296. The number of ether oxygens (including phenoxy) is 1. The standard InChI is InChI=1S/C27H30N2O5/c1-3-14-29(16-25(31)32)24(30)15-27(2,18-12-13-18)28-26(33)34-17-23-21-10-6-4-8-19(21)20-9-5-7-11-22(20)23/h3-11,18,23H,1,12-17H2,2H3,(H,28,33)(H,31,32). The Morgan fingerprint density at radius 3 is 2.24 bits per heavy atom.